The molecule has 1 saturated heterocycles. The van der Waals surface area contributed by atoms with Crippen LogP contribution in [0.15, 0.2) is 42.0 Å². The minimum absolute atomic E-state index is 0.346. The molecule has 0 atom stereocenters. The van der Waals surface area contributed by atoms with E-state index in [4.69, 9.17) is 9.31 Å². The summed E-state index contributed by atoms with van der Waals surface area (Å²) < 4.78 is 12.2. The first-order chi connectivity index (χ1) is 10.8. The molecule has 5 heteroatoms. The second-order valence-electron chi connectivity index (χ2n) is 6.93. The molecule has 1 aromatic heterocycles. The second kappa shape index (κ2) is 5.97. The van der Waals surface area contributed by atoms with Crippen molar-refractivity contribution in [3.05, 3.63) is 47.6 Å². The van der Waals surface area contributed by atoms with Crippen molar-refractivity contribution >= 4 is 36.7 Å². The van der Waals surface area contributed by atoms with Gasteiger partial charge in [0.1, 0.15) is 0 Å². The molecule has 0 bridgehead atoms. The molecule has 0 spiro atoms. The summed E-state index contributed by atoms with van der Waals surface area (Å²) in [5, 5.41) is 1.12. The van der Waals surface area contributed by atoms with Crippen molar-refractivity contribution < 1.29 is 9.31 Å². The van der Waals surface area contributed by atoms with Gasteiger partial charge in [-0.15, -0.1) is 0 Å². The third-order valence-corrected chi connectivity index (χ3v) is 5.07. The van der Waals surface area contributed by atoms with Crippen LogP contribution in [-0.2, 0) is 9.31 Å². The third kappa shape index (κ3) is 3.18. The monoisotopic (exact) mass is 327 g/mol. The van der Waals surface area contributed by atoms with Crippen LogP contribution in [0.4, 0.5) is 0 Å². The highest BCUT2D eigenvalue weighted by atomic mass is 32.1. The van der Waals surface area contributed by atoms with E-state index >= 15 is 0 Å². The Morgan fingerprint density at radius 1 is 1.17 bits per heavy atom. The Hall–Kier alpha value is -1.30. The number of benzene rings is 1. The van der Waals surface area contributed by atoms with Gasteiger partial charge in [-0.1, -0.05) is 24.3 Å². The molecule has 2 aromatic rings. The molecule has 0 N–H and O–H groups in total. The summed E-state index contributed by atoms with van der Waals surface area (Å²) in [4.78, 5) is 4.50. The molecule has 23 heavy (non-hydrogen) atoms. The number of fused-ring (bicyclic) bond motifs is 1. The van der Waals surface area contributed by atoms with Gasteiger partial charge in [-0.3, -0.25) is 4.98 Å². The Labute approximate surface area is 143 Å². The van der Waals surface area contributed by atoms with Crippen LogP contribution < -0.4 is 0 Å². The summed E-state index contributed by atoms with van der Waals surface area (Å²) in [7, 11) is -0.371. The molecule has 3 rings (SSSR count). The maximum atomic E-state index is 6.12. The number of aromatic nitrogens is 1. The Morgan fingerprint density at radius 3 is 2.48 bits per heavy atom. The first kappa shape index (κ1) is 16.6. The summed E-state index contributed by atoms with van der Waals surface area (Å²) in [6.45, 7) is 8.23. The molecule has 1 aliphatic rings. The predicted molar refractivity (Wildman–Crippen MR) is 99.7 cm³/mol. The van der Waals surface area contributed by atoms with Gasteiger partial charge >= 0.3 is 7.12 Å². The fourth-order valence-corrected chi connectivity index (χ4v) is 2.80. The van der Waals surface area contributed by atoms with Crippen molar-refractivity contribution in [3.8, 4) is 0 Å². The first-order valence-electron chi connectivity index (χ1n) is 7.84. The van der Waals surface area contributed by atoms with Crippen molar-refractivity contribution in [1.82, 2.24) is 4.98 Å². The smallest absolute Gasteiger partial charge is 0.400 e. The van der Waals surface area contributed by atoms with E-state index in [1.54, 1.807) is 0 Å². The summed E-state index contributed by atoms with van der Waals surface area (Å²) >= 11 is 4.46. The molecule has 3 nitrogen and oxygen atoms in total. The Bertz CT molecular complexity index is 742. The standard InChI is InChI=1S/C18H22BNO2S/c1-17(2)18(3,4)22-19(21-17)15(12-23)10-13-9-14-7-5-6-8-16(14)20-11-13/h5-11,23H,12H2,1-4H3. The average Bonchev–Trinajstić information content (AvgIpc) is 2.72. The van der Waals surface area contributed by atoms with Crippen LogP contribution in [0.25, 0.3) is 17.0 Å². The Morgan fingerprint density at radius 2 is 1.83 bits per heavy atom. The van der Waals surface area contributed by atoms with Gasteiger partial charge in [0, 0.05) is 17.3 Å². The molecular formula is C18H22BNO2S. The highest BCUT2D eigenvalue weighted by molar-refractivity contribution is 7.80. The Balaban J connectivity index is 1.92. The maximum absolute atomic E-state index is 6.12. The molecule has 1 fully saturated rings. The highest BCUT2D eigenvalue weighted by Gasteiger charge is 2.52. The van der Waals surface area contributed by atoms with Crippen molar-refractivity contribution in [2.75, 3.05) is 5.75 Å². The summed E-state index contributed by atoms with van der Waals surface area (Å²) in [6, 6.07) is 10.2. The lowest BCUT2D eigenvalue weighted by atomic mass is 9.78. The fraction of sp³-hybridized carbons (Fsp3) is 0.389. The van der Waals surface area contributed by atoms with Gasteiger partial charge in [-0.2, -0.15) is 12.6 Å². The zero-order chi connectivity index (χ0) is 16.7. The lowest BCUT2D eigenvalue weighted by Gasteiger charge is -2.32. The van der Waals surface area contributed by atoms with Gasteiger partial charge in [-0.05, 0) is 50.9 Å². The SMILES string of the molecule is CC1(C)OB(C(=Cc2cnc3ccccc3c2)CS)OC1(C)C. The lowest BCUT2D eigenvalue weighted by molar-refractivity contribution is 0.00578. The van der Waals surface area contributed by atoms with Crippen molar-refractivity contribution in [2.45, 2.75) is 38.9 Å². The van der Waals surface area contributed by atoms with E-state index in [1.165, 1.54) is 0 Å². The van der Waals surface area contributed by atoms with E-state index in [1.807, 2.05) is 24.4 Å². The summed E-state index contributed by atoms with van der Waals surface area (Å²) in [6.07, 6.45) is 3.94. The minimum atomic E-state index is -0.371. The quantitative estimate of drug-likeness (QED) is 0.678. The van der Waals surface area contributed by atoms with Crippen LogP contribution in [-0.4, -0.2) is 29.1 Å². The lowest BCUT2D eigenvalue weighted by Crippen LogP contribution is -2.41. The van der Waals surface area contributed by atoms with Gasteiger partial charge in [0.2, 0.25) is 0 Å². The van der Waals surface area contributed by atoms with Gasteiger partial charge < -0.3 is 9.31 Å². The van der Waals surface area contributed by atoms with Crippen LogP contribution in [0.2, 0.25) is 0 Å². The molecule has 2 heterocycles. The summed E-state index contributed by atoms with van der Waals surface area (Å²) in [5.41, 5.74) is 2.34. The zero-order valence-corrected chi connectivity index (χ0v) is 14.9. The zero-order valence-electron chi connectivity index (χ0n) is 14.0. The van der Waals surface area contributed by atoms with Crippen LogP contribution in [0.3, 0.4) is 0 Å². The normalized spacial score (nSPS) is 20.2. The number of pyridine rings is 1. The largest absolute Gasteiger partial charge is 0.491 e. The van der Waals surface area contributed by atoms with E-state index in [9.17, 15) is 0 Å². The van der Waals surface area contributed by atoms with Gasteiger partial charge in [0.15, 0.2) is 0 Å². The first-order valence-corrected chi connectivity index (χ1v) is 8.47. The third-order valence-electron chi connectivity index (χ3n) is 4.70. The molecule has 0 aliphatic carbocycles. The maximum Gasteiger partial charge on any atom is 0.491 e. The predicted octanol–water partition coefficient (Wildman–Crippen LogP) is 4.18. The van der Waals surface area contributed by atoms with Crippen LogP contribution in [0.5, 0.6) is 0 Å². The highest BCUT2D eigenvalue weighted by Crippen LogP contribution is 2.39. The van der Waals surface area contributed by atoms with Crippen molar-refractivity contribution in [3.63, 3.8) is 0 Å². The summed E-state index contributed by atoms with van der Waals surface area (Å²) in [5.74, 6) is 0.573. The Kier molecular flexibility index (Phi) is 4.30. The van der Waals surface area contributed by atoms with Gasteiger partial charge in [0.25, 0.3) is 0 Å². The molecular weight excluding hydrogens is 305 g/mol. The molecule has 0 unspecified atom stereocenters. The molecule has 0 amide bonds. The number of nitrogens with zero attached hydrogens (tertiary/aromatic N) is 1. The number of hydrogen-bond acceptors (Lipinski definition) is 4. The minimum Gasteiger partial charge on any atom is -0.400 e. The van der Waals surface area contributed by atoms with Crippen LogP contribution >= 0.6 is 12.6 Å². The van der Waals surface area contributed by atoms with E-state index in [-0.39, 0.29) is 18.3 Å². The van der Waals surface area contributed by atoms with Gasteiger partial charge in [-0.25, -0.2) is 0 Å². The van der Waals surface area contributed by atoms with Crippen LogP contribution in [0, 0.1) is 0 Å². The molecule has 120 valence electrons. The van der Waals surface area contributed by atoms with Crippen molar-refractivity contribution in [2.24, 2.45) is 0 Å². The second-order valence-corrected chi connectivity index (χ2v) is 7.24. The van der Waals surface area contributed by atoms with E-state index < -0.39 is 0 Å². The van der Waals surface area contributed by atoms with E-state index in [0.717, 1.165) is 21.9 Å². The average molecular weight is 327 g/mol. The molecule has 0 saturated carbocycles. The number of hydrogen-bond donors (Lipinski definition) is 1. The molecule has 1 aromatic carbocycles. The number of thiol groups is 1. The molecule has 0 radical (unpaired) electrons. The topological polar surface area (TPSA) is 31.4 Å². The van der Waals surface area contributed by atoms with Gasteiger partial charge in [0.05, 0.1) is 16.7 Å². The fourth-order valence-electron chi connectivity index (χ4n) is 2.56. The number of rotatable bonds is 3. The number of para-hydroxylation sites is 1. The van der Waals surface area contributed by atoms with Crippen molar-refractivity contribution in [1.29, 1.82) is 0 Å². The van der Waals surface area contributed by atoms with E-state index in [2.05, 4.69) is 63.5 Å². The van der Waals surface area contributed by atoms with E-state index in [0.29, 0.717) is 5.75 Å². The van der Waals surface area contributed by atoms with Crippen LogP contribution in [0.1, 0.15) is 33.3 Å². The molecule has 1 aliphatic heterocycles.